The summed E-state index contributed by atoms with van der Waals surface area (Å²) in [6.07, 6.45) is 5.30. The molecule has 1 aliphatic heterocycles. The molecule has 2 heterocycles. The molecule has 2 atom stereocenters. The standard InChI is InChI=1S/C13H23N3OS/c1-3-5-14-12(11-10-18-9-8-17-11)13-15-6-7-16(13)4-2/h6-7,11-12,14H,3-5,8-10H2,1-2H3. The van der Waals surface area contributed by atoms with E-state index >= 15 is 0 Å². The molecule has 1 aliphatic rings. The maximum atomic E-state index is 5.92. The maximum absolute atomic E-state index is 5.92. The SMILES string of the molecule is CCCNC(c1nccn1CC)C1CSCCO1. The highest BCUT2D eigenvalue weighted by Gasteiger charge is 2.28. The zero-order valence-corrected chi connectivity index (χ0v) is 12.1. The molecule has 1 saturated heterocycles. The second-order valence-corrected chi connectivity index (χ2v) is 5.64. The highest BCUT2D eigenvalue weighted by molar-refractivity contribution is 7.99. The molecule has 0 radical (unpaired) electrons. The Morgan fingerprint density at radius 1 is 1.61 bits per heavy atom. The molecule has 0 amide bonds. The van der Waals surface area contributed by atoms with Crippen molar-refractivity contribution >= 4 is 11.8 Å². The van der Waals surface area contributed by atoms with Gasteiger partial charge in [0.1, 0.15) is 5.82 Å². The Labute approximate surface area is 114 Å². The molecule has 1 N–H and O–H groups in total. The van der Waals surface area contributed by atoms with E-state index in [2.05, 4.69) is 28.7 Å². The van der Waals surface area contributed by atoms with Crippen LogP contribution in [0, 0.1) is 0 Å². The molecule has 1 aromatic heterocycles. The van der Waals surface area contributed by atoms with E-state index in [4.69, 9.17) is 4.74 Å². The first-order chi connectivity index (χ1) is 8.86. The number of hydrogen-bond donors (Lipinski definition) is 1. The van der Waals surface area contributed by atoms with Crippen molar-refractivity contribution in [3.05, 3.63) is 18.2 Å². The Kier molecular flexibility index (Phi) is 5.53. The van der Waals surface area contributed by atoms with Gasteiger partial charge in [-0.15, -0.1) is 0 Å². The van der Waals surface area contributed by atoms with Gasteiger partial charge in [0.25, 0.3) is 0 Å². The number of hydrogen-bond acceptors (Lipinski definition) is 4. The first-order valence-electron chi connectivity index (χ1n) is 6.80. The minimum Gasteiger partial charge on any atom is -0.374 e. The van der Waals surface area contributed by atoms with Crippen molar-refractivity contribution in [1.82, 2.24) is 14.9 Å². The molecule has 0 spiro atoms. The molecule has 0 aliphatic carbocycles. The fraction of sp³-hybridized carbons (Fsp3) is 0.769. The van der Waals surface area contributed by atoms with Crippen molar-refractivity contribution in [3.8, 4) is 0 Å². The Balaban J connectivity index is 2.12. The van der Waals surface area contributed by atoms with Crippen LogP contribution in [0.2, 0.25) is 0 Å². The summed E-state index contributed by atoms with van der Waals surface area (Å²) >= 11 is 1.97. The Bertz CT molecular complexity index is 350. The molecule has 102 valence electrons. The summed E-state index contributed by atoms with van der Waals surface area (Å²) in [5.41, 5.74) is 0. The van der Waals surface area contributed by atoms with E-state index in [-0.39, 0.29) is 12.1 Å². The van der Waals surface area contributed by atoms with Gasteiger partial charge in [0.2, 0.25) is 0 Å². The molecule has 5 heteroatoms. The Morgan fingerprint density at radius 3 is 3.17 bits per heavy atom. The molecule has 0 saturated carbocycles. The molecule has 1 aromatic rings. The lowest BCUT2D eigenvalue weighted by molar-refractivity contribution is 0.0436. The van der Waals surface area contributed by atoms with E-state index in [0.717, 1.165) is 43.4 Å². The number of nitrogens with zero attached hydrogens (tertiary/aromatic N) is 2. The number of aromatic nitrogens is 2. The third kappa shape index (κ3) is 3.28. The van der Waals surface area contributed by atoms with Gasteiger partial charge in [0.05, 0.1) is 18.8 Å². The highest BCUT2D eigenvalue weighted by Crippen LogP contribution is 2.24. The third-order valence-corrected chi connectivity index (χ3v) is 4.21. The third-order valence-electron chi connectivity index (χ3n) is 3.19. The summed E-state index contributed by atoms with van der Waals surface area (Å²) in [5, 5.41) is 3.59. The van der Waals surface area contributed by atoms with Crippen molar-refractivity contribution < 1.29 is 4.74 Å². The summed E-state index contributed by atoms with van der Waals surface area (Å²) in [6.45, 7) is 7.16. The van der Waals surface area contributed by atoms with Gasteiger partial charge in [-0.1, -0.05) is 6.92 Å². The van der Waals surface area contributed by atoms with Gasteiger partial charge in [-0.05, 0) is 19.9 Å². The van der Waals surface area contributed by atoms with Crippen LogP contribution in [0.15, 0.2) is 12.4 Å². The number of ether oxygens (including phenoxy) is 1. The minimum atomic E-state index is 0.215. The normalized spacial score (nSPS) is 22.0. The van der Waals surface area contributed by atoms with E-state index in [1.165, 1.54) is 0 Å². The van der Waals surface area contributed by atoms with Crippen molar-refractivity contribution in [2.45, 2.75) is 39.0 Å². The van der Waals surface area contributed by atoms with Crippen molar-refractivity contribution in [2.24, 2.45) is 0 Å². The van der Waals surface area contributed by atoms with Crippen LogP contribution in [0.3, 0.4) is 0 Å². The van der Waals surface area contributed by atoms with E-state index in [0.29, 0.717) is 0 Å². The molecular formula is C13H23N3OS. The highest BCUT2D eigenvalue weighted by atomic mass is 32.2. The predicted octanol–water partition coefficient (Wildman–Crippen LogP) is 2.08. The fourth-order valence-electron chi connectivity index (χ4n) is 2.25. The van der Waals surface area contributed by atoms with Crippen LogP contribution in [0.25, 0.3) is 0 Å². The molecule has 4 nitrogen and oxygen atoms in total. The van der Waals surface area contributed by atoms with Gasteiger partial charge < -0.3 is 14.6 Å². The monoisotopic (exact) mass is 269 g/mol. The lowest BCUT2D eigenvalue weighted by Gasteiger charge is -2.30. The number of imidazole rings is 1. The first-order valence-corrected chi connectivity index (χ1v) is 7.96. The zero-order chi connectivity index (χ0) is 12.8. The van der Waals surface area contributed by atoms with Gasteiger partial charge in [-0.3, -0.25) is 0 Å². The van der Waals surface area contributed by atoms with Gasteiger partial charge in [-0.25, -0.2) is 4.98 Å². The lowest BCUT2D eigenvalue weighted by Crippen LogP contribution is -2.40. The summed E-state index contributed by atoms with van der Waals surface area (Å²) in [4.78, 5) is 4.53. The van der Waals surface area contributed by atoms with Crippen LogP contribution in [-0.4, -0.2) is 40.3 Å². The van der Waals surface area contributed by atoms with Gasteiger partial charge in [-0.2, -0.15) is 11.8 Å². The Morgan fingerprint density at radius 2 is 2.50 bits per heavy atom. The van der Waals surface area contributed by atoms with Crippen LogP contribution in [-0.2, 0) is 11.3 Å². The molecule has 2 unspecified atom stereocenters. The average Bonchev–Trinajstić information content (AvgIpc) is 2.89. The van der Waals surface area contributed by atoms with Gasteiger partial charge in [0, 0.05) is 30.4 Å². The minimum absolute atomic E-state index is 0.215. The molecule has 0 aromatic carbocycles. The van der Waals surface area contributed by atoms with Gasteiger partial charge >= 0.3 is 0 Å². The first kappa shape index (κ1) is 13.9. The van der Waals surface area contributed by atoms with E-state index in [1.54, 1.807) is 0 Å². The quantitative estimate of drug-likeness (QED) is 0.858. The van der Waals surface area contributed by atoms with Crippen molar-refractivity contribution in [2.75, 3.05) is 24.7 Å². The van der Waals surface area contributed by atoms with Crippen LogP contribution in [0.4, 0.5) is 0 Å². The van der Waals surface area contributed by atoms with Crippen LogP contribution < -0.4 is 5.32 Å². The zero-order valence-electron chi connectivity index (χ0n) is 11.3. The predicted molar refractivity (Wildman–Crippen MR) is 76.0 cm³/mol. The van der Waals surface area contributed by atoms with Crippen LogP contribution in [0.1, 0.15) is 32.1 Å². The second-order valence-electron chi connectivity index (χ2n) is 4.49. The number of nitrogens with one attached hydrogen (secondary N) is 1. The molecule has 1 fully saturated rings. The summed E-state index contributed by atoms with van der Waals surface area (Å²) in [5.74, 6) is 3.27. The summed E-state index contributed by atoms with van der Waals surface area (Å²) in [7, 11) is 0. The van der Waals surface area contributed by atoms with Gasteiger partial charge in [0.15, 0.2) is 0 Å². The van der Waals surface area contributed by atoms with Crippen molar-refractivity contribution in [3.63, 3.8) is 0 Å². The van der Waals surface area contributed by atoms with Crippen molar-refractivity contribution in [1.29, 1.82) is 0 Å². The van der Waals surface area contributed by atoms with Crippen LogP contribution in [0.5, 0.6) is 0 Å². The summed E-state index contributed by atoms with van der Waals surface area (Å²) < 4.78 is 8.13. The maximum Gasteiger partial charge on any atom is 0.128 e. The largest absolute Gasteiger partial charge is 0.374 e. The molecular weight excluding hydrogens is 246 g/mol. The van der Waals surface area contributed by atoms with E-state index in [1.807, 2.05) is 24.2 Å². The van der Waals surface area contributed by atoms with Crippen LogP contribution >= 0.6 is 11.8 Å². The molecule has 0 bridgehead atoms. The Hall–Kier alpha value is -0.520. The number of thioether (sulfide) groups is 1. The molecule has 2 rings (SSSR count). The smallest absolute Gasteiger partial charge is 0.128 e. The summed E-state index contributed by atoms with van der Waals surface area (Å²) in [6, 6.07) is 0.215. The number of rotatable bonds is 6. The molecule has 18 heavy (non-hydrogen) atoms. The van der Waals surface area contributed by atoms with E-state index in [9.17, 15) is 0 Å². The second kappa shape index (κ2) is 7.16. The topological polar surface area (TPSA) is 39.1 Å². The average molecular weight is 269 g/mol. The number of aryl methyl sites for hydroxylation is 1. The fourth-order valence-corrected chi connectivity index (χ4v) is 3.16. The van der Waals surface area contributed by atoms with E-state index < -0.39 is 0 Å². The lowest BCUT2D eigenvalue weighted by atomic mass is 10.1.